The van der Waals surface area contributed by atoms with E-state index in [1.807, 2.05) is 19.9 Å². The molecule has 10 nitrogen and oxygen atoms in total. The predicted molar refractivity (Wildman–Crippen MR) is 158 cm³/mol. The number of carbonyl (C=O) groups is 2. The van der Waals surface area contributed by atoms with Gasteiger partial charge < -0.3 is 18.9 Å². The van der Waals surface area contributed by atoms with Crippen LogP contribution in [-0.2, 0) is 54.5 Å². The van der Waals surface area contributed by atoms with E-state index in [9.17, 15) is 14.0 Å². The molecule has 2 aliphatic carbocycles. The minimum Gasteiger partial charge on any atom is -0.432 e. The summed E-state index contributed by atoms with van der Waals surface area (Å²) in [6.07, 6.45) is 4.26. The van der Waals surface area contributed by atoms with E-state index in [-0.39, 0.29) is 36.5 Å². The topological polar surface area (TPSA) is 108 Å². The maximum atomic E-state index is 14.8. The van der Waals surface area contributed by atoms with Gasteiger partial charge in [0.25, 0.3) is 0 Å². The maximum Gasteiger partial charge on any atom is 0.315 e. The van der Waals surface area contributed by atoms with Gasteiger partial charge in [-0.15, -0.1) is 0 Å². The van der Waals surface area contributed by atoms with E-state index in [0.717, 1.165) is 25.7 Å². The zero-order valence-electron chi connectivity index (χ0n) is 27.5. The molecule has 0 N–H and O–H groups in total. The molecule has 14 atom stereocenters. The van der Waals surface area contributed by atoms with Crippen LogP contribution in [0.1, 0.15) is 91.0 Å². The van der Waals surface area contributed by atoms with Crippen LogP contribution in [0.25, 0.3) is 0 Å². The zero-order chi connectivity index (χ0) is 32.6. The molecule has 2 unspecified atom stereocenters. The smallest absolute Gasteiger partial charge is 0.315 e. The number of esters is 2. The lowest BCUT2D eigenvalue weighted by Gasteiger charge is -2.63. The predicted octanol–water partition coefficient (Wildman–Crippen LogP) is 5.91. The summed E-state index contributed by atoms with van der Waals surface area (Å²) in [6.45, 7) is 8.07. The van der Waals surface area contributed by atoms with Gasteiger partial charge in [-0.25, -0.2) is 23.9 Å². The van der Waals surface area contributed by atoms with Crippen molar-refractivity contribution in [2.45, 2.75) is 127 Å². The first kappa shape index (κ1) is 30.9. The summed E-state index contributed by atoms with van der Waals surface area (Å²) in [7, 11) is 0. The third-order valence-corrected chi connectivity index (χ3v) is 13.8. The van der Waals surface area contributed by atoms with Gasteiger partial charge in [0.1, 0.15) is 5.82 Å². The molecule has 11 heteroatoms. The number of rotatable bonds is 4. The van der Waals surface area contributed by atoms with Gasteiger partial charge in [-0.05, 0) is 94.7 Å². The molecule has 0 amide bonds. The van der Waals surface area contributed by atoms with Crippen LogP contribution in [0.15, 0.2) is 24.3 Å². The van der Waals surface area contributed by atoms with E-state index in [4.69, 9.17) is 38.5 Å². The second kappa shape index (κ2) is 10.2. The van der Waals surface area contributed by atoms with Crippen LogP contribution in [0.5, 0.6) is 0 Å². The Morgan fingerprint density at radius 1 is 0.766 bits per heavy atom. The van der Waals surface area contributed by atoms with Crippen LogP contribution < -0.4 is 0 Å². The number of hydrogen-bond donors (Lipinski definition) is 0. The van der Waals surface area contributed by atoms with E-state index in [1.165, 1.54) is 12.1 Å². The van der Waals surface area contributed by atoms with Crippen molar-refractivity contribution in [3.05, 3.63) is 35.6 Å². The molecule has 0 radical (unpaired) electrons. The maximum absolute atomic E-state index is 14.8. The average Bonchev–Trinajstić information content (AvgIpc) is 3.40. The van der Waals surface area contributed by atoms with Gasteiger partial charge in [0, 0.05) is 36.5 Å². The Balaban J connectivity index is 1.18. The third-order valence-electron chi connectivity index (χ3n) is 13.8. The molecule has 10 fully saturated rings. The molecular formula is C36H45FO10. The summed E-state index contributed by atoms with van der Waals surface area (Å²) in [5.74, 6) is -4.25. The molecule has 10 aliphatic rings. The van der Waals surface area contributed by atoms with Gasteiger partial charge in [-0.2, -0.15) is 0 Å². The quantitative estimate of drug-likeness (QED) is 0.287. The Hall–Kier alpha value is -2.15. The molecule has 8 heterocycles. The zero-order valence-corrected chi connectivity index (χ0v) is 27.5. The van der Waals surface area contributed by atoms with E-state index < -0.39 is 70.4 Å². The molecular weight excluding hydrogens is 611 g/mol. The van der Waals surface area contributed by atoms with Crippen molar-refractivity contribution in [2.75, 3.05) is 0 Å². The summed E-state index contributed by atoms with van der Waals surface area (Å²) in [6, 6.07) is 6.33. The molecule has 0 aromatic heterocycles. The highest BCUT2D eigenvalue weighted by atomic mass is 19.1. The fourth-order valence-corrected chi connectivity index (χ4v) is 11.5. The van der Waals surface area contributed by atoms with Crippen molar-refractivity contribution < 1.29 is 52.5 Å². The van der Waals surface area contributed by atoms with Gasteiger partial charge in [0.2, 0.25) is 24.2 Å². The van der Waals surface area contributed by atoms with E-state index >= 15 is 0 Å². The number of fused-ring (bicyclic) bond motifs is 4. The lowest BCUT2D eigenvalue weighted by molar-refractivity contribution is -0.563. The van der Waals surface area contributed by atoms with Crippen LogP contribution in [0, 0.1) is 52.7 Å². The van der Waals surface area contributed by atoms with Gasteiger partial charge >= 0.3 is 11.9 Å². The first-order chi connectivity index (χ1) is 22.4. The van der Waals surface area contributed by atoms with Gasteiger partial charge in [0.15, 0.2) is 11.2 Å². The minimum atomic E-state index is -1.28. The van der Waals surface area contributed by atoms with Gasteiger partial charge in [-0.1, -0.05) is 26.0 Å². The molecule has 2 saturated carbocycles. The lowest BCUT2D eigenvalue weighted by Crippen LogP contribution is -2.74. The Bertz CT molecular complexity index is 1490. The van der Waals surface area contributed by atoms with Crippen LogP contribution in [0.3, 0.4) is 0 Å². The Morgan fingerprint density at radius 3 is 2.11 bits per heavy atom. The fourth-order valence-electron chi connectivity index (χ4n) is 11.5. The largest absolute Gasteiger partial charge is 0.432 e. The lowest BCUT2D eigenvalue weighted by atomic mass is 9.49. The highest BCUT2D eigenvalue weighted by Gasteiger charge is 2.77. The molecule has 1 aromatic rings. The van der Waals surface area contributed by atoms with Crippen molar-refractivity contribution in [2.24, 2.45) is 46.8 Å². The third kappa shape index (κ3) is 4.16. The number of halogens is 1. The van der Waals surface area contributed by atoms with Crippen LogP contribution in [0.2, 0.25) is 0 Å². The minimum absolute atomic E-state index is 0.0141. The average molecular weight is 657 g/mol. The van der Waals surface area contributed by atoms with Crippen LogP contribution in [-0.4, -0.2) is 47.3 Å². The van der Waals surface area contributed by atoms with Gasteiger partial charge in [0.05, 0.1) is 11.3 Å². The summed E-state index contributed by atoms with van der Waals surface area (Å²) in [4.78, 5) is 54.1. The molecule has 47 heavy (non-hydrogen) atoms. The molecule has 2 spiro atoms. The van der Waals surface area contributed by atoms with Crippen molar-refractivity contribution in [1.29, 1.82) is 0 Å². The second-order valence-electron chi connectivity index (χ2n) is 16.4. The fraction of sp³-hybridized carbons (Fsp3) is 0.778. The summed E-state index contributed by atoms with van der Waals surface area (Å²) < 4.78 is 40.1. The highest BCUT2D eigenvalue weighted by Crippen LogP contribution is 2.67. The van der Waals surface area contributed by atoms with Crippen LogP contribution in [0.4, 0.5) is 4.39 Å². The summed E-state index contributed by atoms with van der Waals surface area (Å²) in [5, 5.41) is 0. The molecule has 8 aliphatic heterocycles. The summed E-state index contributed by atoms with van der Waals surface area (Å²) in [5.41, 5.74) is -2.73. The van der Waals surface area contributed by atoms with Crippen molar-refractivity contribution in [1.82, 2.24) is 0 Å². The van der Waals surface area contributed by atoms with E-state index in [0.29, 0.717) is 37.2 Å². The molecule has 256 valence electrons. The van der Waals surface area contributed by atoms with Crippen LogP contribution >= 0.6 is 0 Å². The Kier molecular flexibility index (Phi) is 6.70. The van der Waals surface area contributed by atoms with E-state index in [1.54, 1.807) is 6.07 Å². The highest BCUT2D eigenvalue weighted by molar-refractivity contribution is 5.82. The number of carbonyl (C=O) groups excluding carboxylic acids is 2. The number of benzene rings is 1. The van der Waals surface area contributed by atoms with Crippen molar-refractivity contribution in [3.63, 3.8) is 0 Å². The standard InChI is InChI=1S/C36H45FO10/c1-19-8-10-26-23(28(38)40-30-35(26)24(19)12-14-32(3,42-30)44-46-35)18-34(17-21-6-5-7-22(37)16-21)27-11-9-20(2)25-13-15-33(4)43-31(41-29(34)39)36(25,27)47-45-33/h5-7,16,19-20,23-27,30-31H,8-15,17-18H2,1-4H3/t19-,20-,23?,24+,25+,26+,27+,30-,31-,32-,33-,34?,35-,36-/m1/s1. The number of ether oxygens (including phenoxy) is 4. The summed E-state index contributed by atoms with van der Waals surface area (Å²) >= 11 is 0. The Labute approximate surface area is 274 Å². The normalized spacial score (nSPS) is 52.8. The van der Waals surface area contributed by atoms with E-state index in [2.05, 4.69) is 13.8 Å². The molecule has 4 bridgehead atoms. The Morgan fingerprint density at radius 2 is 1.40 bits per heavy atom. The van der Waals surface area contributed by atoms with Crippen molar-refractivity contribution >= 4 is 11.9 Å². The SMILES string of the molecule is C[C@@H]1CC[C@H]2C(Cc3cccc(F)c3)(CC3C(=O)O[C@@H]4O[C@@]5(C)CC[C@H]6[C@H](C)CC[C@@H]3[C@@]46OO5)C(=O)O[C@@H]3O[C@@]4(C)CC[C@@H]1[C@]32OO4. The number of hydrogen-bond acceptors (Lipinski definition) is 10. The second-order valence-corrected chi connectivity index (χ2v) is 16.4. The van der Waals surface area contributed by atoms with Gasteiger partial charge in [-0.3, -0.25) is 9.59 Å². The first-order valence-electron chi connectivity index (χ1n) is 17.7. The monoisotopic (exact) mass is 656 g/mol. The molecule has 8 saturated heterocycles. The molecule has 1 aromatic carbocycles. The van der Waals surface area contributed by atoms with Crippen molar-refractivity contribution in [3.8, 4) is 0 Å². The first-order valence-corrected chi connectivity index (χ1v) is 17.7. The molecule has 11 rings (SSSR count).